The number of rotatable bonds is 3. The van der Waals surface area contributed by atoms with Gasteiger partial charge < -0.3 is 4.74 Å². The second-order valence-corrected chi connectivity index (χ2v) is 4.09. The van der Waals surface area contributed by atoms with Crippen molar-refractivity contribution in [1.82, 2.24) is 0 Å². The molecule has 0 aliphatic carbocycles. The van der Waals surface area contributed by atoms with Crippen LogP contribution in [-0.4, -0.2) is 18.5 Å². The first kappa shape index (κ1) is 8.14. The summed E-state index contributed by atoms with van der Waals surface area (Å²) in [7, 11) is 0. The Morgan fingerprint density at radius 2 is 2.25 bits per heavy atom. The number of thioether (sulfide) groups is 1. The molecule has 0 amide bonds. The van der Waals surface area contributed by atoms with Crippen molar-refractivity contribution >= 4 is 11.8 Å². The standard InChI is InChI=1S/C10H12OS/c1-8-4-2-3-5-10(8)12-7-9-6-11-9/h2-5,9H,6-7H2,1H3/t9-/m1/s1. The summed E-state index contributed by atoms with van der Waals surface area (Å²) in [5.74, 6) is 1.10. The van der Waals surface area contributed by atoms with E-state index in [2.05, 4.69) is 31.2 Å². The topological polar surface area (TPSA) is 12.5 Å². The minimum absolute atomic E-state index is 0.523. The fraction of sp³-hybridized carbons (Fsp3) is 0.400. The minimum Gasteiger partial charge on any atom is -0.372 e. The van der Waals surface area contributed by atoms with E-state index in [4.69, 9.17) is 4.74 Å². The molecule has 1 aliphatic heterocycles. The molecule has 2 heteroatoms. The number of hydrogen-bond acceptors (Lipinski definition) is 2. The van der Waals surface area contributed by atoms with Crippen LogP contribution >= 0.6 is 11.8 Å². The summed E-state index contributed by atoms with van der Waals surface area (Å²) < 4.78 is 5.15. The predicted octanol–water partition coefficient (Wildman–Crippen LogP) is 2.49. The third kappa shape index (κ3) is 2.02. The summed E-state index contributed by atoms with van der Waals surface area (Å²) in [5, 5.41) is 0. The highest BCUT2D eigenvalue weighted by Gasteiger charge is 2.22. The molecule has 1 atom stereocenters. The van der Waals surface area contributed by atoms with Crippen LogP contribution in [0.15, 0.2) is 29.2 Å². The minimum atomic E-state index is 0.523. The second-order valence-electron chi connectivity index (χ2n) is 3.03. The van der Waals surface area contributed by atoms with Crippen molar-refractivity contribution in [2.45, 2.75) is 17.9 Å². The monoisotopic (exact) mass is 180 g/mol. The van der Waals surface area contributed by atoms with Gasteiger partial charge in [-0.15, -0.1) is 11.8 Å². The summed E-state index contributed by atoms with van der Waals surface area (Å²) in [6.45, 7) is 3.11. The number of hydrogen-bond donors (Lipinski definition) is 0. The summed E-state index contributed by atoms with van der Waals surface area (Å²) in [6, 6.07) is 8.48. The number of aryl methyl sites for hydroxylation is 1. The van der Waals surface area contributed by atoms with Crippen molar-refractivity contribution < 1.29 is 4.74 Å². The van der Waals surface area contributed by atoms with Crippen molar-refractivity contribution in [1.29, 1.82) is 0 Å². The Kier molecular flexibility index (Phi) is 2.38. The van der Waals surface area contributed by atoms with Crippen LogP contribution in [0, 0.1) is 6.92 Å². The molecule has 1 saturated heterocycles. The Morgan fingerprint density at radius 3 is 2.92 bits per heavy atom. The van der Waals surface area contributed by atoms with Gasteiger partial charge in [0.15, 0.2) is 0 Å². The van der Waals surface area contributed by atoms with Crippen LogP contribution in [0.4, 0.5) is 0 Å². The fourth-order valence-electron chi connectivity index (χ4n) is 1.07. The first-order valence-corrected chi connectivity index (χ1v) is 5.15. The van der Waals surface area contributed by atoms with Crippen molar-refractivity contribution in [3.63, 3.8) is 0 Å². The molecule has 0 N–H and O–H groups in total. The first-order valence-electron chi connectivity index (χ1n) is 4.16. The Balaban J connectivity index is 1.96. The molecule has 1 nitrogen and oxygen atoms in total. The molecule has 1 aromatic carbocycles. The Labute approximate surface area is 77.1 Å². The zero-order valence-corrected chi connectivity index (χ0v) is 7.93. The van der Waals surface area contributed by atoms with E-state index in [-0.39, 0.29) is 0 Å². The molecule has 0 radical (unpaired) electrons. The molecule has 0 bridgehead atoms. The summed E-state index contributed by atoms with van der Waals surface area (Å²) in [5.41, 5.74) is 1.36. The van der Waals surface area contributed by atoms with Gasteiger partial charge in [0, 0.05) is 10.6 Å². The van der Waals surface area contributed by atoms with Gasteiger partial charge in [-0.3, -0.25) is 0 Å². The predicted molar refractivity (Wildman–Crippen MR) is 51.6 cm³/mol. The first-order chi connectivity index (χ1) is 5.86. The molecule has 0 spiro atoms. The van der Waals surface area contributed by atoms with E-state index in [1.165, 1.54) is 10.5 Å². The van der Waals surface area contributed by atoms with Gasteiger partial charge in [-0.1, -0.05) is 18.2 Å². The SMILES string of the molecule is Cc1ccccc1SC[C@H]1CO1. The highest BCUT2D eigenvalue weighted by Crippen LogP contribution is 2.26. The largest absolute Gasteiger partial charge is 0.372 e. The lowest BCUT2D eigenvalue weighted by molar-refractivity contribution is 0.426. The van der Waals surface area contributed by atoms with Gasteiger partial charge in [0.2, 0.25) is 0 Å². The quantitative estimate of drug-likeness (QED) is 0.523. The van der Waals surface area contributed by atoms with Crippen LogP contribution in [-0.2, 0) is 4.74 Å². The van der Waals surface area contributed by atoms with E-state index in [0.29, 0.717) is 6.10 Å². The Morgan fingerprint density at radius 1 is 1.50 bits per heavy atom. The van der Waals surface area contributed by atoms with Gasteiger partial charge in [-0.25, -0.2) is 0 Å². The van der Waals surface area contributed by atoms with Crippen LogP contribution in [0.2, 0.25) is 0 Å². The lowest BCUT2D eigenvalue weighted by Crippen LogP contribution is -1.89. The molecule has 0 saturated carbocycles. The third-order valence-electron chi connectivity index (χ3n) is 1.92. The molecule has 1 fully saturated rings. The summed E-state index contributed by atoms with van der Waals surface area (Å²) >= 11 is 1.89. The molecular weight excluding hydrogens is 168 g/mol. The molecule has 1 heterocycles. The normalized spacial score (nSPS) is 20.9. The zero-order valence-electron chi connectivity index (χ0n) is 7.12. The van der Waals surface area contributed by atoms with Gasteiger partial charge in [-0.2, -0.15) is 0 Å². The average Bonchev–Trinajstić information content (AvgIpc) is 2.86. The molecule has 64 valence electrons. The molecule has 1 aliphatic rings. The van der Waals surface area contributed by atoms with Crippen LogP contribution in [0.3, 0.4) is 0 Å². The van der Waals surface area contributed by atoms with Crippen LogP contribution in [0.25, 0.3) is 0 Å². The maximum Gasteiger partial charge on any atom is 0.0903 e. The molecule has 1 aromatic rings. The van der Waals surface area contributed by atoms with Gasteiger partial charge in [0.25, 0.3) is 0 Å². The highest BCUT2D eigenvalue weighted by atomic mass is 32.2. The lowest BCUT2D eigenvalue weighted by Gasteiger charge is -2.02. The summed E-state index contributed by atoms with van der Waals surface area (Å²) in [4.78, 5) is 1.38. The lowest BCUT2D eigenvalue weighted by atomic mass is 10.2. The van der Waals surface area contributed by atoms with E-state index in [9.17, 15) is 0 Å². The van der Waals surface area contributed by atoms with Crippen molar-refractivity contribution in [3.05, 3.63) is 29.8 Å². The van der Waals surface area contributed by atoms with E-state index in [1.807, 2.05) is 11.8 Å². The van der Waals surface area contributed by atoms with Crippen LogP contribution in [0.5, 0.6) is 0 Å². The smallest absolute Gasteiger partial charge is 0.0903 e. The average molecular weight is 180 g/mol. The van der Waals surface area contributed by atoms with E-state index < -0.39 is 0 Å². The van der Waals surface area contributed by atoms with Crippen molar-refractivity contribution in [2.24, 2.45) is 0 Å². The van der Waals surface area contributed by atoms with Gasteiger partial charge in [-0.05, 0) is 18.6 Å². The third-order valence-corrected chi connectivity index (χ3v) is 3.23. The number of benzene rings is 1. The van der Waals surface area contributed by atoms with Crippen molar-refractivity contribution in [2.75, 3.05) is 12.4 Å². The second kappa shape index (κ2) is 3.50. The Bertz CT molecular complexity index is 268. The molecule has 2 rings (SSSR count). The fourth-order valence-corrected chi connectivity index (χ4v) is 2.09. The molecule has 0 unspecified atom stereocenters. The maximum absolute atomic E-state index is 5.15. The van der Waals surface area contributed by atoms with E-state index in [1.54, 1.807) is 0 Å². The van der Waals surface area contributed by atoms with Crippen molar-refractivity contribution in [3.8, 4) is 0 Å². The zero-order chi connectivity index (χ0) is 8.39. The van der Waals surface area contributed by atoms with E-state index >= 15 is 0 Å². The summed E-state index contributed by atoms with van der Waals surface area (Å²) in [6.07, 6.45) is 0.523. The molecule has 0 aromatic heterocycles. The van der Waals surface area contributed by atoms with Gasteiger partial charge in [0.1, 0.15) is 0 Å². The maximum atomic E-state index is 5.15. The van der Waals surface area contributed by atoms with E-state index in [0.717, 1.165) is 12.4 Å². The Hall–Kier alpha value is -0.470. The molecule has 12 heavy (non-hydrogen) atoms. The van der Waals surface area contributed by atoms with Crippen LogP contribution in [0.1, 0.15) is 5.56 Å². The molecular formula is C10H12OS. The highest BCUT2D eigenvalue weighted by molar-refractivity contribution is 7.99. The number of ether oxygens (including phenoxy) is 1. The van der Waals surface area contributed by atoms with Crippen LogP contribution < -0.4 is 0 Å². The number of epoxide rings is 1. The van der Waals surface area contributed by atoms with Gasteiger partial charge >= 0.3 is 0 Å². The van der Waals surface area contributed by atoms with Gasteiger partial charge in [0.05, 0.1) is 12.7 Å².